The number of hydrogen-bond acceptors (Lipinski definition) is 9. The first-order chi connectivity index (χ1) is 22.9. The maximum atomic E-state index is 13.8. The Kier molecular flexibility index (Phi) is 9.98. The molecule has 6 rings (SSSR count). The number of ether oxygens (including phenoxy) is 2. The second kappa shape index (κ2) is 14.7. The molecule has 1 atom stereocenters. The molecule has 12 heteroatoms. The molecule has 0 radical (unpaired) electrons. The van der Waals surface area contributed by atoms with Crippen molar-refractivity contribution in [3.05, 3.63) is 123 Å². The molecule has 0 aliphatic carbocycles. The third kappa shape index (κ3) is 7.55. The molecule has 1 aliphatic rings. The Morgan fingerprint density at radius 1 is 0.957 bits per heavy atom. The van der Waals surface area contributed by atoms with Crippen LogP contribution in [0.4, 0.5) is 0 Å². The molecule has 0 saturated carbocycles. The molecule has 2 amide bonds. The van der Waals surface area contributed by atoms with Gasteiger partial charge in [-0.3, -0.25) is 9.59 Å². The van der Waals surface area contributed by atoms with Crippen molar-refractivity contribution < 1.29 is 19.1 Å². The van der Waals surface area contributed by atoms with E-state index in [9.17, 15) is 9.59 Å². The van der Waals surface area contributed by atoms with E-state index >= 15 is 0 Å². The fourth-order valence-corrected chi connectivity index (χ4v) is 6.78. The van der Waals surface area contributed by atoms with Gasteiger partial charge in [-0.1, -0.05) is 78.0 Å². The van der Waals surface area contributed by atoms with Crippen LogP contribution in [0.5, 0.6) is 11.5 Å². The number of nitrogens with zero attached hydrogens (tertiary/aromatic N) is 5. The summed E-state index contributed by atoms with van der Waals surface area (Å²) >= 11 is 2.93. The highest BCUT2D eigenvalue weighted by molar-refractivity contribution is 7.99. The molecule has 5 aromatic rings. The van der Waals surface area contributed by atoms with Crippen LogP contribution in [0, 0.1) is 6.92 Å². The zero-order valence-electron chi connectivity index (χ0n) is 26.3. The molecule has 1 aliphatic heterocycles. The van der Waals surface area contributed by atoms with E-state index in [2.05, 4.69) is 39.8 Å². The highest BCUT2D eigenvalue weighted by Gasteiger charge is 2.33. The van der Waals surface area contributed by atoms with Gasteiger partial charge in [-0.2, -0.15) is 5.10 Å². The van der Waals surface area contributed by atoms with Crippen LogP contribution in [-0.2, 0) is 17.9 Å². The Labute approximate surface area is 281 Å². The Morgan fingerprint density at radius 3 is 2.38 bits per heavy atom. The van der Waals surface area contributed by atoms with Crippen molar-refractivity contribution in [2.45, 2.75) is 37.6 Å². The van der Waals surface area contributed by atoms with Gasteiger partial charge in [0.15, 0.2) is 11.0 Å². The van der Waals surface area contributed by atoms with Gasteiger partial charge in [0, 0.05) is 18.1 Å². The van der Waals surface area contributed by atoms with Crippen LogP contribution in [-0.4, -0.2) is 57.3 Å². The fraction of sp³-hybridized carbons (Fsp3) is 0.229. The number of aromatic nitrogens is 3. The van der Waals surface area contributed by atoms with Crippen molar-refractivity contribution in [2.24, 2.45) is 5.10 Å². The fourth-order valence-electron chi connectivity index (χ4n) is 5.25. The normalized spacial score (nSPS) is 14.1. The molecule has 0 saturated heterocycles. The van der Waals surface area contributed by atoms with E-state index in [1.165, 1.54) is 26.0 Å². The van der Waals surface area contributed by atoms with Crippen molar-refractivity contribution in [2.75, 3.05) is 20.0 Å². The molecular weight excluding hydrogens is 633 g/mol. The highest BCUT2D eigenvalue weighted by Crippen LogP contribution is 2.35. The number of carbonyl (C=O) groups is 2. The number of hydrazone groups is 1. The Balaban J connectivity index is 1.21. The number of amides is 2. The van der Waals surface area contributed by atoms with Gasteiger partial charge in [0.2, 0.25) is 0 Å². The number of thioether (sulfide) groups is 1. The first-order valence-electron chi connectivity index (χ1n) is 15.0. The average Bonchev–Trinajstić information content (AvgIpc) is 3.88. The number of benzene rings is 3. The van der Waals surface area contributed by atoms with E-state index in [-0.39, 0.29) is 30.2 Å². The summed E-state index contributed by atoms with van der Waals surface area (Å²) in [5.74, 6) is 1.27. The molecule has 10 nitrogen and oxygen atoms in total. The zero-order chi connectivity index (χ0) is 32.8. The standard InChI is InChI=1S/C35H34N6O4S2/c1-23-11-13-25(14-12-23)30-19-29(31-10-7-15-46-31)39-41(30)33(42)22-47-35-38-37-32(40(35)21-24-8-5-4-6-9-24)20-36-34(43)26-16-27(44-2)18-28(17-26)45-3/h4-18,30H,19-22H2,1-3H3,(H,36,43)/t30-/m1/s1. The molecular formula is C35H34N6O4S2. The molecule has 240 valence electrons. The molecule has 3 aromatic carbocycles. The summed E-state index contributed by atoms with van der Waals surface area (Å²) in [5, 5.41) is 20.8. The number of methoxy groups -OCH3 is 2. The first-order valence-corrected chi connectivity index (χ1v) is 16.9. The van der Waals surface area contributed by atoms with Crippen molar-refractivity contribution in [3.63, 3.8) is 0 Å². The monoisotopic (exact) mass is 666 g/mol. The largest absolute Gasteiger partial charge is 0.497 e. The van der Waals surface area contributed by atoms with Crippen LogP contribution < -0.4 is 14.8 Å². The summed E-state index contributed by atoms with van der Waals surface area (Å²) < 4.78 is 12.6. The van der Waals surface area contributed by atoms with Crippen LogP contribution in [0.15, 0.2) is 101 Å². The average molecular weight is 667 g/mol. The molecule has 3 heterocycles. The number of rotatable bonds is 12. The van der Waals surface area contributed by atoms with Gasteiger partial charge >= 0.3 is 0 Å². The second-order valence-electron chi connectivity index (χ2n) is 10.9. The molecule has 47 heavy (non-hydrogen) atoms. The van der Waals surface area contributed by atoms with Crippen LogP contribution in [0.25, 0.3) is 0 Å². The van der Waals surface area contributed by atoms with Crippen LogP contribution in [0.3, 0.4) is 0 Å². The summed E-state index contributed by atoms with van der Waals surface area (Å²) in [6.45, 7) is 2.65. The van der Waals surface area contributed by atoms with Gasteiger partial charge in [-0.25, -0.2) is 5.01 Å². The predicted molar refractivity (Wildman–Crippen MR) is 183 cm³/mol. The van der Waals surface area contributed by atoms with E-state index in [0.29, 0.717) is 41.0 Å². The zero-order valence-corrected chi connectivity index (χ0v) is 27.9. The highest BCUT2D eigenvalue weighted by atomic mass is 32.2. The van der Waals surface area contributed by atoms with Gasteiger partial charge < -0.3 is 19.4 Å². The van der Waals surface area contributed by atoms with Gasteiger partial charge in [0.1, 0.15) is 11.5 Å². The Bertz CT molecular complexity index is 1850. The SMILES string of the molecule is COc1cc(OC)cc(C(=O)NCc2nnc(SCC(=O)N3N=C(c4cccs4)C[C@@H]3c3ccc(C)cc3)n2Cc2ccccc2)c1. The third-order valence-corrected chi connectivity index (χ3v) is 9.63. The molecule has 0 unspecified atom stereocenters. The van der Waals surface area contributed by atoms with Gasteiger partial charge in [-0.05, 0) is 41.6 Å². The minimum absolute atomic E-state index is 0.118. The van der Waals surface area contributed by atoms with Crippen molar-refractivity contribution in [1.29, 1.82) is 0 Å². The lowest BCUT2D eigenvalue weighted by Gasteiger charge is -2.22. The lowest BCUT2D eigenvalue weighted by atomic mass is 10.00. The van der Waals surface area contributed by atoms with Crippen molar-refractivity contribution >= 4 is 40.6 Å². The Hall–Kier alpha value is -4.94. The smallest absolute Gasteiger partial charge is 0.253 e. The topological polar surface area (TPSA) is 111 Å². The van der Waals surface area contributed by atoms with Gasteiger partial charge in [0.05, 0.1) is 49.7 Å². The molecule has 0 bridgehead atoms. The number of carbonyl (C=O) groups excluding carboxylic acids is 2. The van der Waals surface area contributed by atoms with Gasteiger partial charge in [0.25, 0.3) is 11.8 Å². The van der Waals surface area contributed by atoms with E-state index in [1.807, 2.05) is 59.3 Å². The molecule has 2 aromatic heterocycles. The number of aryl methyl sites for hydroxylation is 1. The first kappa shape index (κ1) is 32.0. The predicted octanol–water partition coefficient (Wildman–Crippen LogP) is 6.11. The quantitative estimate of drug-likeness (QED) is 0.160. The summed E-state index contributed by atoms with van der Waals surface area (Å²) in [4.78, 5) is 28.0. The number of nitrogens with one attached hydrogen (secondary N) is 1. The summed E-state index contributed by atoms with van der Waals surface area (Å²) in [6.07, 6.45) is 0.646. The minimum Gasteiger partial charge on any atom is -0.497 e. The lowest BCUT2D eigenvalue weighted by molar-refractivity contribution is -0.130. The Morgan fingerprint density at radius 2 is 1.70 bits per heavy atom. The van der Waals surface area contributed by atoms with E-state index in [0.717, 1.165) is 27.3 Å². The summed E-state index contributed by atoms with van der Waals surface area (Å²) in [7, 11) is 3.07. The lowest BCUT2D eigenvalue weighted by Crippen LogP contribution is -2.28. The van der Waals surface area contributed by atoms with Gasteiger partial charge in [-0.15, -0.1) is 21.5 Å². The summed E-state index contributed by atoms with van der Waals surface area (Å²) in [6, 6.07) is 27.0. The summed E-state index contributed by atoms with van der Waals surface area (Å²) in [5.41, 5.74) is 4.54. The van der Waals surface area contributed by atoms with E-state index in [1.54, 1.807) is 34.5 Å². The van der Waals surface area contributed by atoms with Crippen LogP contribution >= 0.6 is 23.1 Å². The molecule has 1 N–H and O–H groups in total. The molecule has 0 fully saturated rings. The maximum absolute atomic E-state index is 13.8. The van der Waals surface area contributed by atoms with E-state index < -0.39 is 0 Å². The van der Waals surface area contributed by atoms with E-state index in [4.69, 9.17) is 14.6 Å². The number of hydrogen-bond donors (Lipinski definition) is 1. The third-order valence-electron chi connectivity index (χ3n) is 7.76. The van der Waals surface area contributed by atoms with Crippen LogP contribution in [0.1, 0.15) is 50.2 Å². The maximum Gasteiger partial charge on any atom is 0.253 e. The second-order valence-corrected chi connectivity index (χ2v) is 12.8. The van der Waals surface area contributed by atoms with Crippen molar-refractivity contribution in [3.8, 4) is 11.5 Å². The number of thiophene rings is 1. The van der Waals surface area contributed by atoms with Crippen LogP contribution in [0.2, 0.25) is 0 Å². The van der Waals surface area contributed by atoms with Crippen molar-refractivity contribution in [1.82, 2.24) is 25.1 Å². The molecule has 0 spiro atoms. The minimum atomic E-state index is -0.309.